The number of piperazine rings is 1. The maximum absolute atomic E-state index is 13.5. The van der Waals surface area contributed by atoms with Crippen molar-refractivity contribution in [2.45, 2.75) is 43.1 Å². The van der Waals surface area contributed by atoms with Gasteiger partial charge in [0.15, 0.2) is 0 Å². The highest BCUT2D eigenvalue weighted by molar-refractivity contribution is 5.94. The van der Waals surface area contributed by atoms with Gasteiger partial charge in [0.1, 0.15) is 11.9 Å². The third kappa shape index (κ3) is 3.52. The van der Waals surface area contributed by atoms with Crippen LogP contribution in [0, 0.1) is 17.1 Å². The third-order valence-corrected chi connectivity index (χ3v) is 9.60. The van der Waals surface area contributed by atoms with Crippen molar-refractivity contribution in [2.75, 3.05) is 13.6 Å². The number of aromatic amines is 2. The minimum absolute atomic E-state index is 0.00850. The molecule has 5 aromatic rings. The standard InChI is InChI=1S/C33H29FN6O/c1-39-26-14-23-21-7-3-5-9-25(21)38-31(23)32(39)27-15-22-20-6-2-4-8-24(20)37-30(22)29(40(27)28(26)16-35)17-36-33(41)18-10-12-19(34)13-11-18/h2-13,26-29,32,37-38H,14-15,17H2,1H3,(H,36,41)/t26-,27-,28-,29-,32-/m0/s1. The van der Waals surface area contributed by atoms with Crippen LogP contribution in [0.2, 0.25) is 0 Å². The molecule has 3 aliphatic heterocycles. The number of carbonyl (C=O) groups is 1. The number of nitrogens with one attached hydrogen (secondary N) is 3. The highest BCUT2D eigenvalue weighted by atomic mass is 19.1. The Morgan fingerprint density at radius 3 is 2.22 bits per heavy atom. The van der Waals surface area contributed by atoms with Gasteiger partial charge in [-0.05, 0) is 67.4 Å². The van der Waals surface area contributed by atoms with Gasteiger partial charge in [0, 0.05) is 57.4 Å². The number of likely N-dealkylation sites (N-methyl/N-ethyl adjacent to an activating group) is 1. The number of hydrogen-bond donors (Lipinski definition) is 3. The SMILES string of the molecule is CN1[C@@H]2c3[nH]c4ccccc4c3C[C@H]1[C@H](C#N)N1[C@@H](CNC(=O)c3ccc(F)cc3)c3[nH]c4ccccc4c3C[C@@H]21. The van der Waals surface area contributed by atoms with E-state index in [9.17, 15) is 14.4 Å². The monoisotopic (exact) mass is 544 g/mol. The first-order valence-corrected chi connectivity index (χ1v) is 14.1. The molecule has 0 radical (unpaired) electrons. The van der Waals surface area contributed by atoms with E-state index in [1.165, 1.54) is 51.9 Å². The summed E-state index contributed by atoms with van der Waals surface area (Å²) < 4.78 is 13.5. The van der Waals surface area contributed by atoms with Crippen LogP contribution in [-0.2, 0) is 12.8 Å². The van der Waals surface area contributed by atoms with Crippen LogP contribution in [0.5, 0.6) is 0 Å². The number of halogens is 1. The van der Waals surface area contributed by atoms with Crippen molar-refractivity contribution in [2.24, 2.45) is 0 Å². The molecule has 5 heterocycles. The van der Waals surface area contributed by atoms with Crippen LogP contribution in [0.1, 0.15) is 45.0 Å². The molecule has 0 unspecified atom stereocenters. The Bertz CT molecular complexity index is 1870. The highest BCUT2D eigenvalue weighted by Crippen LogP contribution is 2.51. The largest absolute Gasteiger partial charge is 0.357 e. The molecule has 2 bridgehead atoms. The van der Waals surface area contributed by atoms with Crippen LogP contribution in [0.25, 0.3) is 21.8 Å². The Labute approximate surface area is 236 Å². The van der Waals surface area contributed by atoms with Crippen LogP contribution in [0.3, 0.4) is 0 Å². The lowest BCUT2D eigenvalue weighted by atomic mass is 9.75. The molecule has 2 aromatic heterocycles. The van der Waals surface area contributed by atoms with Crippen LogP contribution < -0.4 is 5.32 Å². The lowest BCUT2D eigenvalue weighted by molar-refractivity contribution is -0.0722. The van der Waals surface area contributed by atoms with Gasteiger partial charge in [0.25, 0.3) is 5.91 Å². The summed E-state index contributed by atoms with van der Waals surface area (Å²) in [7, 11) is 2.15. The van der Waals surface area contributed by atoms with Gasteiger partial charge in [0.05, 0.1) is 18.2 Å². The van der Waals surface area contributed by atoms with E-state index in [0.717, 1.165) is 29.6 Å². The maximum Gasteiger partial charge on any atom is 0.251 e. The summed E-state index contributed by atoms with van der Waals surface area (Å²) in [4.78, 5) is 25.3. The van der Waals surface area contributed by atoms with Gasteiger partial charge in [-0.1, -0.05) is 36.4 Å². The van der Waals surface area contributed by atoms with Crippen LogP contribution in [-0.4, -0.2) is 57.4 Å². The Morgan fingerprint density at radius 1 is 0.927 bits per heavy atom. The first-order chi connectivity index (χ1) is 20.0. The van der Waals surface area contributed by atoms with Gasteiger partial charge in [0.2, 0.25) is 0 Å². The quantitative estimate of drug-likeness (QED) is 0.299. The van der Waals surface area contributed by atoms with E-state index in [1.54, 1.807) is 0 Å². The van der Waals surface area contributed by atoms with Crippen LogP contribution >= 0.6 is 0 Å². The van der Waals surface area contributed by atoms with Crippen molar-refractivity contribution < 1.29 is 9.18 Å². The zero-order chi connectivity index (χ0) is 27.8. The normalized spacial score (nSPS) is 25.3. The van der Waals surface area contributed by atoms with Gasteiger partial charge in [-0.25, -0.2) is 4.39 Å². The summed E-state index contributed by atoms with van der Waals surface area (Å²) in [6, 6.07) is 24.6. The number of rotatable bonds is 3. The molecular weight excluding hydrogens is 515 g/mol. The number of amides is 1. The summed E-state index contributed by atoms with van der Waals surface area (Å²) in [5.41, 5.74) is 7.45. The summed E-state index contributed by atoms with van der Waals surface area (Å²) in [6.07, 6.45) is 1.57. The van der Waals surface area contributed by atoms with E-state index in [4.69, 9.17) is 0 Å². The van der Waals surface area contributed by atoms with Gasteiger partial charge in [-0.15, -0.1) is 0 Å². The number of aromatic nitrogens is 2. The Balaban J connectivity index is 1.26. The number of carbonyl (C=O) groups excluding carboxylic acids is 1. The molecule has 0 aliphatic carbocycles. The van der Waals surface area contributed by atoms with Gasteiger partial charge >= 0.3 is 0 Å². The Morgan fingerprint density at radius 2 is 1.54 bits per heavy atom. The van der Waals surface area contributed by atoms with E-state index < -0.39 is 0 Å². The van der Waals surface area contributed by atoms with Crippen molar-refractivity contribution in [3.63, 3.8) is 0 Å². The molecule has 0 saturated carbocycles. The molecule has 41 heavy (non-hydrogen) atoms. The maximum atomic E-state index is 13.5. The van der Waals surface area contributed by atoms with Crippen molar-refractivity contribution in [3.05, 3.63) is 107 Å². The lowest BCUT2D eigenvalue weighted by Crippen LogP contribution is -2.68. The van der Waals surface area contributed by atoms with E-state index in [1.807, 2.05) is 6.07 Å². The Kier molecular flexibility index (Phi) is 5.36. The molecule has 7 nitrogen and oxygen atoms in total. The topological polar surface area (TPSA) is 90.9 Å². The number of para-hydroxylation sites is 2. The molecule has 8 rings (SSSR count). The predicted octanol–water partition coefficient (Wildman–Crippen LogP) is 4.99. The molecule has 0 spiro atoms. The average Bonchev–Trinajstić information content (AvgIpc) is 3.54. The minimum atomic E-state index is -0.378. The fraction of sp³-hybridized carbons (Fsp3) is 0.273. The fourth-order valence-corrected chi connectivity index (χ4v) is 7.80. The van der Waals surface area contributed by atoms with Gasteiger partial charge in [-0.2, -0.15) is 5.26 Å². The zero-order valence-corrected chi connectivity index (χ0v) is 22.6. The zero-order valence-electron chi connectivity index (χ0n) is 22.6. The second-order valence-electron chi connectivity index (χ2n) is 11.5. The second kappa shape index (κ2) is 9.03. The van der Waals surface area contributed by atoms with E-state index >= 15 is 0 Å². The summed E-state index contributed by atoms with van der Waals surface area (Å²) in [5.74, 6) is -0.637. The van der Waals surface area contributed by atoms with E-state index in [0.29, 0.717) is 12.1 Å². The van der Waals surface area contributed by atoms with Gasteiger partial charge in [-0.3, -0.25) is 14.6 Å². The van der Waals surface area contributed by atoms with Crippen LogP contribution in [0.4, 0.5) is 4.39 Å². The first kappa shape index (κ1) is 24.4. The summed E-state index contributed by atoms with van der Waals surface area (Å²) in [6.45, 7) is 0.327. The molecule has 3 aromatic carbocycles. The summed E-state index contributed by atoms with van der Waals surface area (Å²) >= 11 is 0. The number of benzene rings is 3. The average molecular weight is 545 g/mol. The number of hydrogen-bond acceptors (Lipinski definition) is 4. The fourth-order valence-electron chi connectivity index (χ4n) is 7.80. The third-order valence-electron chi connectivity index (χ3n) is 9.60. The summed E-state index contributed by atoms with van der Waals surface area (Å²) in [5, 5.41) is 16.2. The number of nitriles is 1. The molecule has 8 heteroatoms. The molecule has 204 valence electrons. The molecule has 3 aliphatic rings. The lowest BCUT2D eigenvalue weighted by Gasteiger charge is -2.58. The van der Waals surface area contributed by atoms with E-state index in [2.05, 4.69) is 80.7 Å². The Hall–Kier alpha value is -4.45. The molecule has 1 amide bonds. The minimum Gasteiger partial charge on any atom is -0.357 e. The number of nitrogens with zero attached hydrogens (tertiary/aromatic N) is 3. The second-order valence-corrected chi connectivity index (χ2v) is 11.5. The number of fused-ring (bicyclic) bond motifs is 11. The molecule has 5 atom stereocenters. The first-order valence-electron chi connectivity index (χ1n) is 14.1. The van der Waals surface area contributed by atoms with Crippen molar-refractivity contribution in [3.8, 4) is 6.07 Å². The molecule has 1 fully saturated rings. The predicted molar refractivity (Wildman–Crippen MR) is 155 cm³/mol. The molecule has 1 saturated heterocycles. The van der Waals surface area contributed by atoms with Crippen LogP contribution in [0.15, 0.2) is 72.8 Å². The van der Waals surface area contributed by atoms with Crippen molar-refractivity contribution >= 4 is 27.7 Å². The van der Waals surface area contributed by atoms with E-state index in [-0.39, 0.29) is 41.9 Å². The highest BCUT2D eigenvalue weighted by Gasteiger charge is 2.55. The number of H-pyrrole nitrogens is 2. The van der Waals surface area contributed by atoms with Crippen molar-refractivity contribution in [1.29, 1.82) is 5.26 Å². The molecule has 3 N–H and O–H groups in total. The van der Waals surface area contributed by atoms with Crippen molar-refractivity contribution in [1.82, 2.24) is 25.1 Å². The molecular formula is C33H29FN6O. The smallest absolute Gasteiger partial charge is 0.251 e. The van der Waals surface area contributed by atoms with Gasteiger partial charge < -0.3 is 15.3 Å².